The summed E-state index contributed by atoms with van der Waals surface area (Å²) >= 11 is 0. The van der Waals surface area contributed by atoms with Gasteiger partial charge in [0.2, 0.25) is 5.91 Å². The molecule has 0 saturated carbocycles. The maximum atomic E-state index is 12.7. The second-order valence-electron chi connectivity index (χ2n) is 7.72. The second kappa shape index (κ2) is 8.73. The summed E-state index contributed by atoms with van der Waals surface area (Å²) < 4.78 is 6.94. The van der Waals surface area contributed by atoms with E-state index in [0.717, 1.165) is 28.8 Å². The Hall–Kier alpha value is -3.45. The first kappa shape index (κ1) is 20.8. The molecule has 0 spiro atoms. The van der Waals surface area contributed by atoms with Gasteiger partial charge in [-0.2, -0.15) is 5.10 Å². The number of rotatable bonds is 7. The van der Waals surface area contributed by atoms with Crippen molar-refractivity contribution < 1.29 is 14.3 Å². The molecule has 7 heteroatoms. The quantitative estimate of drug-likeness (QED) is 0.605. The maximum absolute atomic E-state index is 12.7. The lowest BCUT2D eigenvalue weighted by atomic mass is 10.0. The Kier molecular flexibility index (Phi) is 5.86. The number of amides is 2. The molecule has 2 aromatic carbocycles. The third kappa shape index (κ3) is 4.22. The van der Waals surface area contributed by atoms with E-state index in [4.69, 9.17) is 4.74 Å². The third-order valence-electron chi connectivity index (χ3n) is 5.47. The monoisotopic (exact) mass is 418 g/mol. The van der Waals surface area contributed by atoms with E-state index in [1.165, 1.54) is 5.56 Å². The topological polar surface area (TPSA) is 85.2 Å². The van der Waals surface area contributed by atoms with Crippen LogP contribution in [0.2, 0.25) is 0 Å². The smallest absolute Gasteiger partial charge is 0.251 e. The van der Waals surface area contributed by atoms with Crippen molar-refractivity contribution in [2.75, 3.05) is 17.7 Å². The van der Waals surface area contributed by atoms with Crippen molar-refractivity contribution in [2.24, 2.45) is 0 Å². The molecule has 31 heavy (non-hydrogen) atoms. The number of carbonyl (C=O) groups is 2. The molecule has 0 saturated heterocycles. The number of hydrogen-bond acceptors (Lipinski definition) is 4. The molecule has 1 aliphatic rings. The number of nitrogens with one attached hydrogen (secondary N) is 2. The zero-order chi connectivity index (χ0) is 22.0. The van der Waals surface area contributed by atoms with Crippen LogP contribution in [0, 0.1) is 6.92 Å². The molecule has 0 radical (unpaired) electrons. The van der Waals surface area contributed by atoms with Gasteiger partial charge in [-0.1, -0.05) is 48.9 Å². The standard InChI is InChI=1S/C24H26N4O3/c1-4-16-7-11-18(12-8-16)25-21(29)13-20-24(30)26-23-22(17-9-5-15(2)6-10-17)19(14-31-3)27-28(20)23/h5-12,20H,4,13-14H2,1-3H3,(H,25,29)(H,26,30). The Labute approximate surface area is 181 Å². The van der Waals surface area contributed by atoms with E-state index in [-0.39, 0.29) is 18.2 Å². The van der Waals surface area contributed by atoms with Crippen molar-refractivity contribution in [1.82, 2.24) is 9.78 Å². The normalized spacial score (nSPS) is 14.9. The van der Waals surface area contributed by atoms with Gasteiger partial charge in [-0.25, -0.2) is 4.68 Å². The van der Waals surface area contributed by atoms with Gasteiger partial charge in [0.25, 0.3) is 5.91 Å². The van der Waals surface area contributed by atoms with Crippen LogP contribution in [0.4, 0.5) is 11.5 Å². The highest BCUT2D eigenvalue weighted by atomic mass is 16.5. The van der Waals surface area contributed by atoms with Gasteiger partial charge in [0.05, 0.1) is 18.7 Å². The minimum absolute atomic E-state index is 0.00416. The Balaban J connectivity index is 1.59. The summed E-state index contributed by atoms with van der Waals surface area (Å²) in [6.07, 6.45) is 0.932. The number of aryl methyl sites for hydroxylation is 2. The molecule has 160 valence electrons. The minimum atomic E-state index is -0.709. The number of benzene rings is 2. The first-order chi connectivity index (χ1) is 15.0. The van der Waals surface area contributed by atoms with E-state index in [2.05, 4.69) is 22.7 Å². The van der Waals surface area contributed by atoms with Crippen LogP contribution in [0.15, 0.2) is 48.5 Å². The summed E-state index contributed by atoms with van der Waals surface area (Å²) in [5.41, 5.74) is 5.55. The molecule has 0 bridgehead atoms. The molecule has 1 aromatic heterocycles. The summed E-state index contributed by atoms with van der Waals surface area (Å²) in [6.45, 7) is 4.41. The van der Waals surface area contributed by atoms with Gasteiger partial charge in [0.15, 0.2) is 0 Å². The van der Waals surface area contributed by atoms with Crippen molar-refractivity contribution in [3.8, 4) is 11.1 Å². The van der Waals surface area contributed by atoms with Crippen molar-refractivity contribution in [1.29, 1.82) is 0 Å². The van der Waals surface area contributed by atoms with E-state index in [9.17, 15) is 9.59 Å². The molecule has 2 heterocycles. The second-order valence-corrected chi connectivity index (χ2v) is 7.72. The number of fused-ring (bicyclic) bond motifs is 1. The van der Waals surface area contributed by atoms with E-state index in [0.29, 0.717) is 18.1 Å². The molecule has 4 rings (SSSR count). The van der Waals surface area contributed by atoms with Gasteiger partial charge < -0.3 is 15.4 Å². The zero-order valence-electron chi connectivity index (χ0n) is 17.9. The molecule has 1 atom stereocenters. The fourth-order valence-corrected chi connectivity index (χ4v) is 3.79. The van der Waals surface area contributed by atoms with E-state index >= 15 is 0 Å². The number of nitrogens with zero attached hydrogens (tertiary/aromatic N) is 2. The Bertz CT molecular complexity index is 1100. The van der Waals surface area contributed by atoms with Crippen LogP contribution in [0.5, 0.6) is 0 Å². The average molecular weight is 418 g/mol. The van der Waals surface area contributed by atoms with Crippen LogP contribution >= 0.6 is 0 Å². The molecular formula is C24H26N4O3. The van der Waals surface area contributed by atoms with Gasteiger partial charge in [-0.15, -0.1) is 0 Å². The van der Waals surface area contributed by atoms with E-state index < -0.39 is 6.04 Å². The summed E-state index contributed by atoms with van der Waals surface area (Å²) in [5, 5.41) is 10.4. The van der Waals surface area contributed by atoms with E-state index in [1.54, 1.807) is 11.8 Å². The zero-order valence-corrected chi connectivity index (χ0v) is 17.9. The fourth-order valence-electron chi connectivity index (χ4n) is 3.79. The predicted octanol–water partition coefficient (Wildman–Crippen LogP) is 4.09. The van der Waals surface area contributed by atoms with Crippen LogP contribution in [-0.4, -0.2) is 28.7 Å². The molecule has 1 unspecified atom stereocenters. The van der Waals surface area contributed by atoms with Crippen LogP contribution in [0.1, 0.15) is 36.2 Å². The molecular weight excluding hydrogens is 392 g/mol. The molecule has 1 aliphatic heterocycles. The summed E-state index contributed by atoms with van der Waals surface area (Å²) in [4.78, 5) is 25.3. The van der Waals surface area contributed by atoms with Gasteiger partial charge >= 0.3 is 0 Å². The molecule has 2 N–H and O–H groups in total. The number of carbonyl (C=O) groups excluding carboxylic acids is 2. The lowest BCUT2D eigenvalue weighted by Crippen LogP contribution is -2.24. The van der Waals surface area contributed by atoms with Crippen LogP contribution in [0.3, 0.4) is 0 Å². The van der Waals surface area contributed by atoms with Crippen LogP contribution in [-0.2, 0) is 27.4 Å². The molecule has 0 aliphatic carbocycles. The van der Waals surface area contributed by atoms with Gasteiger partial charge in [0, 0.05) is 18.4 Å². The SMILES string of the molecule is CCc1ccc(NC(=O)CC2C(=O)Nc3c(-c4ccc(C)cc4)c(COC)nn32)cc1. The highest BCUT2D eigenvalue weighted by molar-refractivity contribution is 6.04. The number of methoxy groups -OCH3 is 1. The summed E-state index contributed by atoms with van der Waals surface area (Å²) in [5.74, 6) is 0.125. The van der Waals surface area contributed by atoms with Gasteiger partial charge in [0.1, 0.15) is 11.9 Å². The van der Waals surface area contributed by atoms with Crippen molar-refractivity contribution in [2.45, 2.75) is 39.3 Å². The number of aromatic nitrogens is 2. The Morgan fingerprint density at radius 1 is 1.16 bits per heavy atom. The van der Waals surface area contributed by atoms with Crippen LogP contribution in [0.25, 0.3) is 11.1 Å². The third-order valence-corrected chi connectivity index (χ3v) is 5.47. The lowest BCUT2D eigenvalue weighted by molar-refractivity contribution is -0.123. The number of ether oxygens (including phenoxy) is 1. The Morgan fingerprint density at radius 2 is 1.87 bits per heavy atom. The highest BCUT2D eigenvalue weighted by Crippen LogP contribution is 2.39. The van der Waals surface area contributed by atoms with Gasteiger partial charge in [-0.3, -0.25) is 9.59 Å². The van der Waals surface area contributed by atoms with Crippen molar-refractivity contribution in [3.63, 3.8) is 0 Å². The van der Waals surface area contributed by atoms with Crippen molar-refractivity contribution >= 4 is 23.3 Å². The summed E-state index contributed by atoms with van der Waals surface area (Å²) in [7, 11) is 1.61. The first-order valence-electron chi connectivity index (χ1n) is 10.4. The van der Waals surface area contributed by atoms with Crippen LogP contribution < -0.4 is 10.6 Å². The molecule has 3 aromatic rings. The van der Waals surface area contributed by atoms with E-state index in [1.807, 2.05) is 55.5 Å². The van der Waals surface area contributed by atoms with Crippen molar-refractivity contribution in [3.05, 3.63) is 65.4 Å². The predicted molar refractivity (Wildman–Crippen MR) is 120 cm³/mol. The molecule has 0 fully saturated rings. The summed E-state index contributed by atoms with van der Waals surface area (Å²) in [6, 6.07) is 15.0. The lowest BCUT2D eigenvalue weighted by Gasteiger charge is -2.10. The minimum Gasteiger partial charge on any atom is -0.378 e. The number of hydrogen-bond donors (Lipinski definition) is 2. The molecule has 2 amide bonds. The fraction of sp³-hybridized carbons (Fsp3) is 0.292. The molecule has 7 nitrogen and oxygen atoms in total. The first-order valence-corrected chi connectivity index (χ1v) is 10.4. The maximum Gasteiger partial charge on any atom is 0.251 e. The highest BCUT2D eigenvalue weighted by Gasteiger charge is 2.37. The largest absolute Gasteiger partial charge is 0.378 e. The van der Waals surface area contributed by atoms with Gasteiger partial charge in [-0.05, 0) is 36.6 Å². The average Bonchev–Trinajstić information content (AvgIpc) is 3.25. The number of anilines is 2. The Morgan fingerprint density at radius 3 is 2.52 bits per heavy atom.